The number of aliphatic hydroxyl groups is 1. The van der Waals surface area contributed by atoms with E-state index in [0.29, 0.717) is 25.9 Å². The number of carbonyl (C=O) groups excluding carboxylic acids is 1. The van der Waals surface area contributed by atoms with Crippen molar-refractivity contribution in [3.8, 4) is 0 Å². The van der Waals surface area contributed by atoms with Crippen LogP contribution in [0.1, 0.15) is 38.3 Å². The molecule has 26 heavy (non-hydrogen) atoms. The lowest BCUT2D eigenvalue weighted by Crippen LogP contribution is -2.46. The molecule has 1 amide bonds. The molecule has 5 heteroatoms. The van der Waals surface area contributed by atoms with Gasteiger partial charge in [0.15, 0.2) is 0 Å². The third-order valence-corrected chi connectivity index (χ3v) is 4.95. The van der Waals surface area contributed by atoms with Gasteiger partial charge in [-0.05, 0) is 43.1 Å². The lowest BCUT2D eigenvalue weighted by atomic mass is 9.79. The van der Waals surface area contributed by atoms with Crippen LogP contribution in [-0.4, -0.2) is 47.3 Å². The first-order valence-corrected chi connectivity index (χ1v) is 9.22. The highest BCUT2D eigenvalue weighted by Crippen LogP contribution is 2.43. The van der Waals surface area contributed by atoms with Gasteiger partial charge in [0.05, 0.1) is 18.7 Å². The lowest BCUT2D eigenvalue weighted by Gasteiger charge is -2.42. The van der Waals surface area contributed by atoms with Gasteiger partial charge in [0.2, 0.25) is 5.91 Å². The zero-order valence-electron chi connectivity index (χ0n) is 15.4. The molecule has 1 aromatic rings. The molecule has 1 saturated heterocycles. The number of rotatable bonds is 5. The number of nitrogens with zero attached hydrogens (tertiary/aromatic N) is 1. The first kappa shape index (κ1) is 18.8. The summed E-state index contributed by atoms with van der Waals surface area (Å²) >= 11 is 0. The number of hydrogen-bond donors (Lipinski definition) is 2. The van der Waals surface area contributed by atoms with E-state index < -0.39 is 11.8 Å². The number of piperidine rings is 1. The van der Waals surface area contributed by atoms with Gasteiger partial charge in [0, 0.05) is 19.5 Å². The monoisotopic (exact) mass is 358 g/mol. The minimum atomic E-state index is -1.31. The van der Waals surface area contributed by atoms with Crippen LogP contribution in [0.15, 0.2) is 53.6 Å². The van der Waals surface area contributed by atoms with Crippen molar-refractivity contribution in [1.29, 1.82) is 0 Å². The highest BCUT2D eigenvalue weighted by atomic mass is 19.1. The molecule has 1 fully saturated rings. The molecule has 0 bridgehead atoms. The quantitative estimate of drug-likeness (QED) is 0.851. The van der Waals surface area contributed by atoms with Crippen LogP contribution in [0, 0.1) is 0 Å². The average Bonchev–Trinajstić information content (AvgIpc) is 2.60. The first-order chi connectivity index (χ1) is 12.4. The molecule has 0 spiro atoms. The molecule has 1 aromatic carbocycles. The van der Waals surface area contributed by atoms with E-state index in [0.717, 1.165) is 16.7 Å². The summed E-state index contributed by atoms with van der Waals surface area (Å²) in [6.45, 7) is 4.41. The molecule has 4 nitrogen and oxygen atoms in total. The summed E-state index contributed by atoms with van der Waals surface area (Å²) in [6, 6.07) is 9.72. The fourth-order valence-corrected chi connectivity index (χ4v) is 3.74. The number of amides is 1. The van der Waals surface area contributed by atoms with Crippen molar-refractivity contribution >= 4 is 5.91 Å². The van der Waals surface area contributed by atoms with Gasteiger partial charge < -0.3 is 15.3 Å². The highest BCUT2D eigenvalue weighted by Gasteiger charge is 2.37. The summed E-state index contributed by atoms with van der Waals surface area (Å²) in [5.41, 5.74) is 1.78. The zero-order valence-corrected chi connectivity index (χ0v) is 15.4. The SMILES string of the molecule is C[C@@H](O)CNCC(=O)N1CCC2=CC(C)(F)CC=C2[C@@H]1c1ccccc1. The van der Waals surface area contributed by atoms with Gasteiger partial charge in [-0.25, -0.2) is 4.39 Å². The van der Waals surface area contributed by atoms with Crippen LogP contribution in [0.3, 0.4) is 0 Å². The maximum atomic E-state index is 14.4. The van der Waals surface area contributed by atoms with Crippen molar-refractivity contribution < 1.29 is 14.3 Å². The maximum absolute atomic E-state index is 14.4. The van der Waals surface area contributed by atoms with E-state index in [2.05, 4.69) is 5.32 Å². The molecule has 1 heterocycles. The molecule has 1 aliphatic heterocycles. The Balaban J connectivity index is 1.87. The minimum absolute atomic E-state index is 0.00645. The molecule has 3 atom stereocenters. The van der Waals surface area contributed by atoms with Crippen LogP contribution >= 0.6 is 0 Å². The number of nitrogens with one attached hydrogen (secondary N) is 1. The van der Waals surface area contributed by atoms with E-state index in [1.54, 1.807) is 19.9 Å². The summed E-state index contributed by atoms with van der Waals surface area (Å²) in [5.74, 6) is -0.00645. The normalized spacial score (nSPS) is 26.6. The summed E-state index contributed by atoms with van der Waals surface area (Å²) in [5, 5.41) is 12.4. The van der Waals surface area contributed by atoms with Gasteiger partial charge in [-0.15, -0.1) is 0 Å². The predicted octanol–water partition coefficient (Wildman–Crippen LogP) is 2.92. The number of aliphatic hydroxyl groups excluding tert-OH is 1. The second-order valence-electron chi connectivity index (χ2n) is 7.44. The summed E-state index contributed by atoms with van der Waals surface area (Å²) in [7, 11) is 0. The van der Waals surface area contributed by atoms with E-state index in [4.69, 9.17) is 0 Å². The molecule has 3 rings (SSSR count). The minimum Gasteiger partial charge on any atom is -0.392 e. The van der Waals surface area contributed by atoms with Crippen molar-refractivity contribution in [2.45, 2.75) is 44.5 Å². The molecule has 1 aliphatic carbocycles. The lowest BCUT2D eigenvalue weighted by molar-refractivity contribution is -0.132. The Labute approximate surface area is 154 Å². The van der Waals surface area contributed by atoms with Crippen molar-refractivity contribution in [2.24, 2.45) is 0 Å². The van der Waals surface area contributed by atoms with Crippen LogP contribution in [0.5, 0.6) is 0 Å². The molecule has 140 valence electrons. The standard InChI is InChI=1S/C21H27FN2O2/c1-15(25)13-23-14-19(26)24-11-9-17-12-21(2,22)10-8-18(17)20(24)16-6-4-3-5-7-16/h3-8,12,15,20,23,25H,9-11,13-14H2,1-2H3/t15-,20+,21?/m1/s1. The van der Waals surface area contributed by atoms with Crippen LogP contribution in [0.4, 0.5) is 4.39 Å². The highest BCUT2D eigenvalue weighted by molar-refractivity contribution is 5.80. The largest absolute Gasteiger partial charge is 0.392 e. The van der Waals surface area contributed by atoms with Crippen LogP contribution in [0.25, 0.3) is 0 Å². The topological polar surface area (TPSA) is 52.6 Å². The first-order valence-electron chi connectivity index (χ1n) is 9.22. The second-order valence-corrected chi connectivity index (χ2v) is 7.44. The number of alkyl halides is 1. The number of carbonyl (C=O) groups is 1. The third kappa shape index (κ3) is 4.22. The number of benzene rings is 1. The van der Waals surface area contributed by atoms with E-state index in [1.807, 2.05) is 41.3 Å². The molecular formula is C21H27FN2O2. The van der Waals surface area contributed by atoms with Gasteiger partial charge in [0.25, 0.3) is 0 Å². The maximum Gasteiger partial charge on any atom is 0.237 e. The van der Waals surface area contributed by atoms with Gasteiger partial charge in [-0.3, -0.25) is 4.79 Å². The number of halogens is 1. The molecule has 0 saturated carbocycles. The Morgan fingerprint density at radius 1 is 1.42 bits per heavy atom. The molecule has 1 unspecified atom stereocenters. The van der Waals surface area contributed by atoms with E-state index in [-0.39, 0.29) is 18.5 Å². The second kappa shape index (κ2) is 7.72. The van der Waals surface area contributed by atoms with Crippen LogP contribution in [-0.2, 0) is 4.79 Å². The Kier molecular flexibility index (Phi) is 5.58. The van der Waals surface area contributed by atoms with Crippen molar-refractivity contribution in [1.82, 2.24) is 10.2 Å². The Morgan fingerprint density at radius 2 is 2.15 bits per heavy atom. The molecular weight excluding hydrogens is 331 g/mol. The third-order valence-electron chi connectivity index (χ3n) is 4.95. The van der Waals surface area contributed by atoms with Gasteiger partial charge >= 0.3 is 0 Å². The molecule has 0 aromatic heterocycles. The van der Waals surface area contributed by atoms with Crippen molar-refractivity contribution in [3.63, 3.8) is 0 Å². The van der Waals surface area contributed by atoms with E-state index >= 15 is 0 Å². The van der Waals surface area contributed by atoms with Gasteiger partial charge in [-0.2, -0.15) is 0 Å². The Morgan fingerprint density at radius 3 is 2.85 bits per heavy atom. The van der Waals surface area contributed by atoms with E-state index in [9.17, 15) is 14.3 Å². The number of fused-ring (bicyclic) bond motifs is 1. The molecule has 2 aliphatic rings. The zero-order chi connectivity index (χ0) is 18.7. The smallest absolute Gasteiger partial charge is 0.237 e. The summed E-state index contributed by atoms with van der Waals surface area (Å²) in [6.07, 6.45) is 4.18. The van der Waals surface area contributed by atoms with Gasteiger partial charge in [0.1, 0.15) is 5.67 Å². The number of allylic oxidation sites excluding steroid dienone is 2. The average molecular weight is 358 g/mol. The van der Waals surface area contributed by atoms with Crippen molar-refractivity contribution in [2.75, 3.05) is 19.6 Å². The Bertz CT molecular complexity index is 710. The van der Waals surface area contributed by atoms with Crippen LogP contribution in [0.2, 0.25) is 0 Å². The molecule has 0 radical (unpaired) electrons. The van der Waals surface area contributed by atoms with E-state index in [1.165, 1.54) is 0 Å². The summed E-state index contributed by atoms with van der Waals surface area (Å²) < 4.78 is 14.4. The molecule has 2 N–H and O–H groups in total. The van der Waals surface area contributed by atoms with Crippen molar-refractivity contribution in [3.05, 3.63) is 59.2 Å². The fourth-order valence-electron chi connectivity index (χ4n) is 3.74. The van der Waals surface area contributed by atoms with Gasteiger partial charge in [-0.1, -0.05) is 36.4 Å². The Hall–Kier alpha value is -1.98. The fraction of sp³-hybridized carbons (Fsp3) is 0.476. The predicted molar refractivity (Wildman–Crippen MR) is 100 cm³/mol. The number of likely N-dealkylation sites (tertiary alicyclic amines) is 1. The van der Waals surface area contributed by atoms with Crippen LogP contribution < -0.4 is 5.32 Å². The summed E-state index contributed by atoms with van der Waals surface area (Å²) in [4.78, 5) is 14.7. The number of hydrogen-bond acceptors (Lipinski definition) is 3.